The predicted molar refractivity (Wildman–Crippen MR) is 103 cm³/mol. The lowest BCUT2D eigenvalue weighted by Crippen LogP contribution is -2.09. The van der Waals surface area contributed by atoms with Crippen molar-refractivity contribution >= 4 is 29.0 Å². The molecule has 0 radical (unpaired) electrons. The van der Waals surface area contributed by atoms with Crippen molar-refractivity contribution in [2.24, 2.45) is 0 Å². The number of methoxy groups -OCH3 is 1. The first-order valence-corrected chi connectivity index (χ1v) is 8.28. The SMILES string of the molecule is COc1ccccc1Oc1ccc2nc3c(c(N)c2c1)CCCC3.Cl. The van der Waals surface area contributed by atoms with Gasteiger partial charge in [-0.25, -0.2) is 0 Å². The Morgan fingerprint density at radius 1 is 1.00 bits per heavy atom. The normalized spacial score (nSPS) is 13.0. The molecule has 1 aliphatic carbocycles. The van der Waals surface area contributed by atoms with Crippen LogP contribution in [-0.2, 0) is 12.8 Å². The summed E-state index contributed by atoms with van der Waals surface area (Å²) < 4.78 is 11.3. The Balaban J connectivity index is 0.00000182. The first-order valence-electron chi connectivity index (χ1n) is 8.28. The summed E-state index contributed by atoms with van der Waals surface area (Å²) >= 11 is 0. The van der Waals surface area contributed by atoms with Gasteiger partial charge in [-0.05, 0) is 61.6 Å². The summed E-state index contributed by atoms with van der Waals surface area (Å²) in [7, 11) is 1.64. The van der Waals surface area contributed by atoms with Crippen molar-refractivity contribution in [1.29, 1.82) is 0 Å². The number of ether oxygens (including phenoxy) is 2. The van der Waals surface area contributed by atoms with Crippen molar-refractivity contribution in [2.75, 3.05) is 12.8 Å². The Labute approximate surface area is 153 Å². The van der Waals surface area contributed by atoms with E-state index in [1.807, 2.05) is 42.5 Å². The van der Waals surface area contributed by atoms with Gasteiger partial charge in [0.25, 0.3) is 0 Å². The standard InChI is InChI=1S/C20H20N2O2.ClH/c1-23-18-8-4-5-9-19(18)24-13-10-11-17-15(12-13)20(21)14-6-2-3-7-16(14)22-17;/h4-5,8-12H,2-3,6-7H2,1H3,(H2,21,22);1H. The van der Waals surface area contributed by atoms with Gasteiger partial charge in [-0.3, -0.25) is 4.98 Å². The quantitative estimate of drug-likeness (QED) is 0.723. The van der Waals surface area contributed by atoms with E-state index in [4.69, 9.17) is 20.2 Å². The third-order valence-corrected chi connectivity index (χ3v) is 4.57. The second kappa shape index (κ2) is 7.19. The fourth-order valence-electron chi connectivity index (χ4n) is 3.33. The van der Waals surface area contributed by atoms with Gasteiger partial charge < -0.3 is 15.2 Å². The van der Waals surface area contributed by atoms with Crippen molar-refractivity contribution in [3.05, 3.63) is 53.7 Å². The monoisotopic (exact) mass is 356 g/mol. The van der Waals surface area contributed by atoms with Gasteiger partial charge in [0.15, 0.2) is 11.5 Å². The van der Waals surface area contributed by atoms with Crippen LogP contribution in [0.4, 0.5) is 5.69 Å². The maximum atomic E-state index is 6.44. The van der Waals surface area contributed by atoms with Gasteiger partial charge in [-0.1, -0.05) is 12.1 Å². The summed E-state index contributed by atoms with van der Waals surface area (Å²) in [4.78, 5) is 4.80. The van der Waals surface area contributed by atoms with E-state index >= 15 is 0 Å². The number of halogens is 1. The van der Waals surface area contributed by atoms with E-state index in [2.05, 4.69) is 0 Å². The molecule has 3 aromatic rings. The Morgan fingerprint density at radius 3 is 2.56 bits per heavy atom. The molecular formula is C20H21ClN2O2. The molecule has 1 aliphatic rings. The van der Waals surface area contributed by atoms with Crippen LogP contribution in [0.2, 0.25) is 0 Å². The molecular weight excluding hydrogens is 336 g/mol. The minimum absolute atomic E-state index is 0. The van der Waals surface area contributed by atoms with Crippen LogP contribution in [0, 0.1) is 0 Å². The maximum Gasteiger partial charge on any atom is 0.169 e. The van der Waals surface area contributed by atoms with E-state index < -0.39 is 0 Å². The van der Waals surface area contributed by atoms with Crippen LogP contribution in [0.5, 0.6) is 17.2 Å². The summed E-state index contributed by atoms with van der Waals surface area (Å²) in [6.45, 7) is 0. The average Bonchev–Trinajstić information content (AvgIpc) is 2.63. The van der Waals surface area contributed by atoms with Gasteiger partial charge in [0.1, 0.15) is 5.75 Å². The van der Waals surface area contributed by atoms with E-state index in [0.29, 0.717) is 11.5 Å². The molecule has 1 aromatic heterocycles. The molecule has 4 nitrogen and oxygen atoms in total. The Kier molecular flexibility index (Phi) is 5.00. The minimum atomic E-state index is 0. The molecule has 0 amide bonds. The highest BCUT2D eigenvalue weighted by atomic mass is 35.5. The number of hydrogen-bond donors (Lipinski definition) is 1. The molecule has 0 saturated carbocycles. The lowest BCUT2D eigenvalue weighted by Gasteiger charge is -2.19. The zero-order valence-electron chi connectivity index (χ0n) is 14.1. The highest BCUT2D eigenvalue weighted by Gasteiger charge is 2.17. The molecule has 0 fully saturated rings. The number of nitrogens with zero attached hydrogens (tertiary/aromatic N) is 1. The summed E-state index contributed by atoms with van der Waals surface area (Å²) in [5, 5.41) is 0.961. The topological polar surface area (TPSA) is 57.4 Å². The predicted octanol–water partition coefficient (Wildman–Crippen LogP) is 4.92. The summed E-state index contributed by atoms with van der Waals surface area (Å²) in [5.41, 5.74) is 10.6. The fourth-order valence-corrected chi connectivity index (χ4v) is 3.33. The number of hydrogen-bond acceptors (Lipinski definition) is 4. The second-order valence-electron chi connectivity index (χ2n) is 6.09. The number of rotatable bonds is 3. The van der Waals surface area contributed by atoms with Crippen LogP contribution in [0.25, 0.3) is 10.9 Å². The van der Waals surface area contributed by atoms with Gasteiger partial charge >= 0.3 is 0 Å². The Bertz CT molecular complexity index is 912. The number of nitrogens with two attached hydrogens (primary N) is 1. The summed E-state index contributed by atoms with van der Waals surface area (Å²) in [5.74, 6) is 2.12. The molecule has 0 bridgehead atoms. The molecule has 2 N–H and O–H groups in total. The lowest BCUT2D eigenvalue weighted by atomic mass is 9.93. The molecule has 0 aliphatic heterocycles. The van der Waals surface area contributed by atoms with Crippen LogP contribution in [0.1, 0.15) is 24.1 Å². The molecule has 1 heterocycles. The molecule has 130 valence electrons. The van der Waals surface area contributed by atoms with Crippen LogP contribution in [0.15, 0.2) is 42.5 Å². The van der Waals surface area contributed by atoms with Gasteiger partial charge in [0.05, 0.1) is 12.6 Å². The molecule has 0 spiro atoms. The molecule has 2 aromatic carbocycles. The highest BCUT2D eigenvalue weighted by Crippen LogP contribution is 2.36. The smallest absolute Gasteiger partial charge is 0.169 e. The van der Waals surface area contributed by atoms with E-state index in [9.17, 15) is 0 Å². The maximum absolute atomic E-state index is 6.44. The fraction of sp³-hybridized carbons (Fsp3) is 0.250. The molecule has 0 unspecified atom stereocenters. The second-order valence-corrected chi connectivity index (χ2v) is 6.09. The highest BCUT2D eigenvalue weighted by molar-refractivity contribution is 5.93. The van der Waals surface area contributed by atoms with E-state index in [-0.39, 0.29) is 12.4 Å². The number of aryl methyl sites for hydroxylation is 1. The van der Waals surface area contributed by atoms with Crippen molar-refractivity contribution in [2.45, 2.75) is 25.7 Å². The van der Waals surface area contributed by atoms with Gasteiger partial charge in [0, 0.05) is 16.8 Å². The lowest BCUT2D eigenvalue weighted by molar-refractivity contribution is 0.379. The van der Waals surface area contributed by atoms with Crippen LogP contribution >= 0.6 is 12.4 Å². The Hall–Kier alpha value is -2.46. The van der Waals surface area contributed by atoms with Crippen molar-refractivity contribution < 1.29 is 9.47 Å². The Morgan fingerprint density at radius 2 is 1.76 bits per heavy atom. The zero-order chi connectivity index (χ0) is 16.5. The van der Waals surface area contributed by atoms with Crippen molar-refractivity contribution in [1.82, 2.24) is 4.98 Å². The van der Waals surface area contributed by atoms with Crippen LogP contribution in [-0.4, -0.2) is 12.1 Å². The number of fused-ring (bicyclic) bond motifs is 2. The third kappa shape index (κ3) is 3.22. The number of aromatic nitrogens is 1. The first-order chi connectivity index (χ1) is 11.8. The largest absolute Gasteiger partial charge is 0.493 e. The molecule has 25 heavy (non-hydrogen) atoms. The van der Waals surface area contributed by atoms with Crippen LogP contribution < -0.4 is 15.2 Å². The van der Waals surface area contributed by atoms with E-state index in [1.54, 1.807) is 7.11 Å². The zero-order valence-corrected chi connectivity index (χ0v) is 14.9. The molecule has 0 atom stereocenters. The van der Waals surface area contributed by atoms with Crippen LogP contribution in [0.3, 0.4) is 0 Å². The summed E-state index contributed by atoms with van der Waals surface area (Å²) in [6, 6.07) is 13.5. The minimum Gasteiger partial charge on any atom is -0.493 e. The number of nitrogen functional groups attached to an aromatic ring is 1. The first kappa shape index (κ1) is 17.4. The average molecular weight is 357 g/mol. The number of para-hydroxylation sites is 2. The molecule has 5 heteroatoms. The molecule has 4 rings (SSSR count). The van der Waals surface area contributed by atoms with Gasteiger partial charge in [-0.15, -0.1) is 12.4 Å². The van der Waals surface area contributed by atoms with Crippen molar-refractivity contribution in [3.8, 4) is 17.2 Å². The van der Waals surface area contributed by atoms with Gasteiger partial charge in [0.2, 0.25) is 0 Å². The third-order valence-electron chi connectivity index (χ3n) is 4.57. The summed E-state index contributed by atoms with van der Waals surface area (Å²) in [6.07, 6.45) is 4.42. The number of benzene rings is 2. The number of pyridine rings is 1. The molecule has 0 saturated heterocycles. The number of anilines is 1. The van der Waals surface area contributed by atoms with Gasteiger partial charge in [-0.2, -0.15) is 0 Å². The van der Waals surface area contributed by atoms with Crippen molar-refractivity contribution in [3.63, 3.8) is 0 Å². The van der Waals surface area contributed by atoms with E-state index in [1.165, 1.54) is 18.4 Å². The van der Waals surface area contributed by atoms with E-state index in [0.717, 1.165) is 40.9 Å².